The van der Waals surface area contributed by atoms with Gasteiger partial charge in [-0.2, -0.15) is 5.26 Å². The number of hydrogen-bond acceptors (Lipinski definition) is 4. The highest BCUT2D eigenvalue weighted by atomic mass is 32.2. The molecule has 7 heteroatoms. The molecule has 0 saturated carbocycles. The molecule has 1 rings (SSSR count). The van der Waals surface area contributed by atoms with Gasteiger partial charge in [0.25, 0.3) is 0 Å². The lowest BCUT2D eigenvalue weighted by Gasteiger charge is -2.11. The molecule has 18 heavy (non-hydrogen) atoms. The molecule has 0 saturated heterocycles. The van der Waals surface area contributed by atoms with Gasteiger partial charge in [-0.15, -0.1) is 0 Å². The van der Waals surface area contributed by atoms with Crippen molar-refractivity contribution in [1.82, 2.24) is 4.72 Å². The zero-order valence-corrected chi connectivity index (χ0v) is 10.5. The van der Waals surface area contributed by atoms with E-state index in [2.05, 4.69) is 4.72 Å². The van der Waals surface area contributed by atoms with Gasteiger partial charge in [0.05, 0.1) is 6.10 Å². The summed E-state index contributed by atoms with van der Waals surface area (Å²) >= 11 is 0. The fraction of sp³-hybridized carbons (Fsp3) is 0.364. The molecule has 0 aliphatic carbocycles. The molecule has 98 valence electrons. The van der Waals surface area contributed by atoms with Crippen molar-refractivity contribution in [2.45, 2.75) is 24.3 Å². The van der Waals surface area contributed by atoms with E-state index in [1.165, 1.54) is 12.1 Å². The third-order valence-corrected chi connectivity index (χ3v) is 3.82. The van der Waals surface area contributed by atoms with Gasteiger partial charge in [-0.3, -0.25) is 0 Å². The maximum Gasteiger partial charge on any atom is 0.242 e. The van der Waals surface area contributed by atoms with Gasteiger partial charge < -0.3 is 5.11 Å². The van der Waals surface area contributed by atoms with Crippen molar-refractivity contribution in [3.8, 4) is 6.07 Å². The Balaban J connectivity index is 3.07. The van der Waals surface area contributed by atoms with Crippen molar-refractivity contribution in [3.05, 3.63) is 29.6 Å². The highest BCUT2D eigenvalue weighted by Crippen LogP contribution is 2.17. The molecule has 0 radical (unpaired) electrons. The van der Waals surface area contributed by atoms with Crippen LogP contribution in [-0.4, -0.2) is 26.2 Å². The van der Waals surface area contributed by atoms with Crippen LogP contribution in [0.15, 0.2) is 23.1 Å². The van der Waals surface area contributed by atoms with Gasteiger partial charge in [-0.05, 0) is 18.6 Å². The minimum Gasteiger partial charge on any atom is -0.392 e. The van der Waals surface area contributed by atoms with Crippen LogP contribution in [0, 0.1) is 17.1 Å². The van der Waals surface area contributed by atoms with Crippen LogP contribution in [0.2, 0.25) is 0 Å². The molecule has 5 nitrogen and oxygen atoms in total. The summed E-state index contributed by atoms with van der Waals surface area (Å²) in [7, 11) is -4.00. The van der Waals surface area contributed by atoms with Crippen molar-refractivity contribution >= 4 is 10.0 Å². The maximum atomic E-state index is 13.3. The Morgan fingerprint density at radius 2 is 2.22 bits per heavy atom. The smallest absolute Gasteiger partial charge is 0.242 e. The van der Waals surface area contributed by atoms with Gasteiger partial charge in [0, 0.05) is 6.54 Å². The van der Waals surface area contributed by atoms with E-state index in [9.17, 15) is 17.9 Å². The highest BCUT2D eigenvalue weighted by Gasteiger charge is 2.21. The molecule has 0 heterocycles. The van der Waals surface area contributed by atoms with Crippen LogP contribution in [0.3, 0.4) is 0 Å². The average Bonchev–Trinajstić information content (AvgIpc) is 2.35. The Bertz CT molecular complexity index is 566. The zero-order valence-electron chi connectivity index (χ0n) is 9.72. The van der Waals surface area contributed by atoms with Crippen LogP contribution >= 0.6 is 0 Å². The first kappa shape index (κ1) is 14.6. The molecule has 0 bridgehead atoms. The van der Waals surface area contributed by atoms with Crippen LogP contribution < -0.4 is 4.72 Å². The quantitative estimate of drug-likeness (QED) is 0.827. The molecule has 0 aromatic heterocycles. The fourth-order valence-corrected chi connectivity index (χ4v) is 2.50. The number of aliphatic hydroxyl groups excluding tert-OH is 1. The van der Waals surface area contributed by atoms with Crippen molar-refractivity contribution in [3.63, 3.8) is 0 Å². The Morgan fingerprint density at radius 3 is 2.78 bits per heavy atom. The second-order valence-electron chi connectivity index (χ2n) is 3.64. The van der Waals surface area contributed by atoms with Crippen molar-refractivity contribution in [2.24, 2.45) is 0 Å². The Kier molecular flexibility index (Phi) is 4.78. The molecule has 0 aliphatic rings. The van der Waals surface area contributed by atoms with Crippen LogP contribution in [-0.2, 0) is 10.0 Å². The Morgan fingerprint density at radius 1 is 1.56 bits per heavy atom. The summed E-state index contributed by atoms with van der Waals surface area (Å²) in [5, 5.41) is 18.0. The molecule has 1 aromatic rings. The number of hydrogen-bond donors (Lipinski definition) is 2. The van der Waals surface area contributed by atoms with E-state index < -0.39 is 32.4 Å². The summed E-state index contributed by atoms with van der Waals surface area (Å²) in [6.07, 6.45) is -0.435. The Hall–Kier alpha value is -1.49. The van der Waals surface area contributed by atoms with Gasteiger partial charge in [0.1, 0.15) is 22.3 Å². The molecular weight excluding hydrogens is 259 g/mol. The summed E-state index contributed by atoms with van der Waals surface area (Å²) in [6.45, 7) is 1.52. The SMILES string of the molecule is CCC(O)CNS(=O)(=O)c1cccc(F)c1C#N. The zero-order chi connectivity index (χ0) is 13.8. The first-order valence-electron chi connectivity index (χ1n) is 5.28. The number of aliphatic hydroxyl groups is 1. The first-order valence-corrected chi connectivity index (χ1v) is 6.77. The fourth-order valence-electron chi connectivity index (χ4n) is 1.26. The van der Waals surface area contributed by atoms with Crippen molar-refractivity contribution < 1.29 is 17.9 Å². The molecule has 0 fully saturated rings. The maximum absolute atomic E-state index is 13.3. The largest absolute Gasteiger partial charge is 0.392 e. The number of rotatable bonds is 5. The lowest BCUT2D eigenvalue weighted by atomic mass is 10.2. The minimum atomic E-state index is -4.00. The lowest BCUT2D eigenvalue weighted by Crippen LogP contribution is -2.32. The number of sulfonamides is 1. The van der Waals surface area contributed by atoms with Gasteiger partial charge in [-0.25, -0.2) is 17.5 Å². The van der Waals surface area contributed by atoms with E-state index in [0.29, 0.717) is 6.42 Å². The van der Waals surface area contributed by atoms with E-state index in [1.807, 2.05) is 0 Å². The normalized spacial score (nSPS) is 13.0. The predicted molar refractivity (Wildman–Crippen MR) is 62.6 cm³/mol. The number of nitrogens with zero attached hydrogens (tertiary/aromatic N) is 1. The van der Waals surface area contributed by atoms with E-state index in [-0.39, 0.29) is 6.54 Å². The lowest BCUT2D eigenvalue weighted by molar-refractivity contribution is 0.174. The summed E-state index contributed by atoms with van der Waals surface area (Å²) in [6, 6.07) is 4.88. The predicted octanol–water partition coefficient (Wildman–Crippen LogP) is 0.747. The summed E-state index contributed by atoms with van der Waals surface area (Å²) < 4.78 is 39.1. The van der Waals surface area contributed by atoms with E-state index >= 15 is 0 Å². The number of halogens is 1. The standard InChI is InChI=1S/C11H13FN2O3S/c1-2-8(15)7-14-18(16,17)11-5-3-4-10(12)9(11)6-13/h3-5,8,14-15H,2,7H2,1H3. The topological polar surface area (TPSA) is 90.2 Å². The summed E-state index contributed by atoms with van der Waals surface area (Å²) in [5.41, 5.74) is -0.531. The summed E-state index contributed by atoms with van der Waals surface area (Å²) in [4.78, 5) is -0.423. The molecule has 0 aliphatic heterocycles. The number of nitriles is 1. The third kappa shape index (κ3) is 3.26. The second kappa shape index (κ2) is 5.91. The van der Waals surface area contributed by atoms with Gasteiger partial charge in [-0.1, -0.05) is 13.0 Å². The summed E-state index contributed by atoms with van der Waals surface area (Å²) in [5.74, 6) is -0.892. The molecular formula is C11H13FN2O3S. The van der Waals surface area contributed by atoms with Crippen LogP contribution in [0.5, 0.6) is 0 Å². The third-order valence-electron chi connectivity index (χ3n) is 2.36. The average molecular weight is 272 g/mol. The van der Waals surface area contributed by atoms with E-state index in [0.717, 1.165) is 12.1 Å². The van der Waals surface area contributed by atoms with E-state index in [1.54, 1.807) is 6.92 Å². The van der Waals surface area contributed by atoms with Crippen LogP contribution in [0.4, 0.5) is 4.39 Å². The van der Waals surface area contributed by atoms with Gasteiger partial charge in [0.15, 0.2) is 0 Å². The minimum absolute atomic E-state index is 0.180. The molecule has 0 spiro atoms. The molecule has 1 unspecified atom stereocenters. The molecule has 1 atom stereocenters. The van der Waals surface area contributed by atoms with Gasteiger partial charge in [0.2, 0.25) is 10.0 Å². The van der Waals surface area contributed by atoms with Crippen molar-refractivity contribution in [2.75, 3.05) is 6.54 Å². The molecule has 2 N–H and O–H groups in total. The van der Waals surface area contributed by atoms with Crippen LogP contribution in [0.25, 0.3) is 0 Å². The molecule has 1 aromatic carbocycles. The number of nitrogens with one attached hydrogen (secondary N) is 1. The molecule has 0 amide bonds. The first-order chi connectivity index (χ1) is 8.42. The number of benzene rings is 1. The van der Waals surface area contributed by atoms with Gasteiger partial charge >= 0.3 is 0 Å². The van der Waals surface area contributed by atoms with E-state index in [4.69, 9.17) is 5.26 Å². The highest BCUT2D eigenvalue weighted by molar-refractivity contribution is 7.89. The Labute approximate surface area is 105 Å². The van der Waals surface area contributed by atoms with Crippen molar-refractivity contribution in [1.29, 1.82) is 5.26 Å². The monoisotopic (exact) mass is 272 g/mol. The van der Waals surface area contributed by atoms with Crippen LogP contribution in [0.1, 0.15) is 18.9 Å². The second-order valence-corrected chi connectivity index (χ2v) is 5.37.